The third-order valence-electron chi connectivity index (χ3n) is 17.5. The van der Waals surface area contributed by atoms with E-state index in [-0.39, 0.29) is 69.1 Å². The summed E-state index contributed by atoms with van der Waals surface area (Å²) in [6.07, 6.45) is 10.7. The van der Waals surface area contributed by atoms with Gasteiger partial charge in [-0.05, 0) is 141 Å². The Kier molecular flexibility index (Phi) is 28.8. The van der Waals surface area contributed by atoms with Gasteiger partial charge in [0.05, 0.1) is 24.3 Å². The van der Waals surface area contributed by atoms with Crippen molar-refractivity contribution in [2.45, 2.75) is 132 Å². The highest BCUT2D eigenvalue weighted by Gasteiger charge is 2.52. The van der Waals surface area contributed by atoms with Crippen LogP contribution < -0.4 is 29.9 Å². The molecule has 8 rings (SSSR count). The van der Waals surface area contributed by atoms with E-state index in [1.54, 1.807) is 24.0 Å². The largest absolute Gasteiger partial charge is 0.478 e. The van der Waals surface area contributed by atoms with E-state index < -0.39 is 23.6 Å². The third kappa shape index (κ3) is 20.7. The van der Waals surface area contributed by atoms with Crippen LogP contribution in [-0.4, -0.2) is 227 Å². The van der Waals surface area contributed by atoms with Crippen molar-refractivity contribution in [3.8, 4) is 23.3 Å². The maximum atomic E-state index is 14.3. The van der Waals surface area contributed by atoms with Gasteiger partial charge in [-0.2, -0.15) is 0 Å². The first kappa shape index (κ1) is 73.9. The number of likely N-dealkylation sites (tertiary alicyclic amines) is 2. The molecule has 4 aliphatic rings. The number of carbonyl (C=O) groups is 4. The van der Waals surface area contributed by atoms with Gasteiger partial charge < -0.3 is 59.4 Å². The first-order chi connectivity index (χ1) is 44.0. The summed E-state index contributed by atoms with van der Waals surface area (Å²) in [4.78, 5) is 67.9. The van der Waals surface area contributed by atoms with E-state index in [9.17, 15) is 28.0 Å². The molecule has 4 saturated heterocycles. The van der Waals surface area contributed by atoms with Gasteiger partial charge in [-0.3, -0.25) is 19.4 Å². The normalized spacial score (nSPS) is 16.5. The van der Waals surface area contributed by atoms with Crippen LogP contribution in [0.25, 0.3) is 0 Å². The maximum Gasteiger partial charge on any atom is 0.328 e. The SMILES string of the molecule is CCN(C(=O)c1cc(F)ccc1Oc1nncnc1N1CCC2(C1)CN([C@H](CCCNCCOC)C(C)C)C2)C(C)C.CCN(C(=O)c1cc(F)ccc1Oc1nncnc1N1CCC2(C1)CN([C@H](CCCNCCOC)C(C)C)C2)C(C)C.O=C(O)/C=C/C(=O)O. The number of halogens is 2. The Hall–Kier alpha value is -7.10. The molecule has 26 heteroatoms. The highest BCUT2D eigenvalue weighted by atomic mass is 19.1. The number of carboxylic acids is 2. The Labute approximate surface area is 541 Å². The molecular formula is C66H100F2N14O10. The van der Waals surface area contributed by atoms with Crippen LogP contribution in [0.5, 0.6) is 23.3 Å². The Bertz CT molecular complexity index is 2820. The molecule has 92 heavy (non-hydrogen) atoms. The molecule has 2 spiro atoms. The molecule has 0 saturated carbocycles. The summed E-state index contributed by atoms with van der Waals surface area (Å²) < 4.78 is 51.1. The van der Waals surface area contributed by atoms with Gasteiger partial charge in [0.15, 0.2) is 11.6 Å². The van der Waals surface area contributed by atoms with Crippen molar-refractivity contribution in [3.63, 3.8) is 0 Å². The van der Waals surface area contributed by atoms with Gasteiger partial charge in [-0.1, -0.05) is 27.7 Å². The molecule has 2 aromatic heterocycles. The van der Waals surface area contributed by atoms with Crippen molar-refractivity contribution in [1.29, 1.82) is 0 Å². The van der Waals surface area contributed by atoms with Crippen LogP contribution in [0.15, 0.2) is 61.2 Å². The molecule has 2 amide bonds. The van der Waals surface area contributed by atoms with Crippen LogP contribution in [0.1, 0.15) is 128 Å². The van der Waals surface area contributed by atoms with Crippen LogP contribution in [0, 0.1) is 34.3 Å². The predicted octanol–water partition coefficient (Wildman–Crippen LogP) is 8.16. The molecular weight excluding hydrogens is 1190 g/mol. The first-order valence-corrected chi connectivity index (χ1v) is 32.4. The van der Waals surface area contributed by atoms with Crippen LogP contribution in [0.2, 0.25) is 0 Å². The van der Waals surface area contributed by atoms with Gasteiger partial charge >= 0.3 is 11.9 Å². The number of carbonyl (C=O) groups excluding carboxylic acids is 2. The molecule has 2 atom stereocenters. The second-order valence-electron chi connectivity index (χ2n) is 25.6. The van der Waals surface area contributed by atoms with E-state index in [1.165, 1.54) is 61.9 Å². The van der Waals surface area contributed by atoms with Gasteiger partial charge in [-0.15, -0.1) is 20.4 Å². The number of ether oxygens (including phenoxy) is 4. The number of anilines is 2. The van der Waals surface area contributed by atoms with Gasteiger partial charge in [0, 0.05) is 140 Å². The van der Waals surface area contributed by atoms with Gasteiger partial charge in [0.1, 0.15) is 35.8 Å². The van der Waals surface area contributed by atoms with Crippen molar-refractivity contribution < 1.29 is 57.1 Å². The Morgan fingerprint density at radius 2 is 0.978 bits per heavy atom. The average Bonchev–Trinajstić information content (AvgIpc) is 1.59. The third-order valence-corrected chi connectivity index (χ3v) is 17.5. The van der Waals surface area contributed by atoms with Crippen LogP contribution in [0.3, 0.4) is 0 Å². The topological polar surface area (TPSA) is 266 Å². The van der Waals surface area contributed by atoms with Gasteiger partial charge in [0.2, 0.25) is 0 Å². The molecule has 0 aliphatic carbocycles. The number of benzene rings is 2. The highest BCUT2D eigenvalue weighted by molar-refractivity contribution is 5.98. The number of nitrogens with zero attached hydrogens (tertiary/aromatic N) is 12. The van der Waals surface area contributed by atoms with Crippen molar-refractivity contribution in [3.05, 3.63) is 84.0 Å². The zero-order chi connectivity index (χ0) is 67.1. The fraction of sp³-hybridized carbons (Fsp3) is 0.636. The van der Waals surface area contributed by atoms with E-state index in [2.05, 4.69) is 88.3 Å². The van der Waals surface area contributed by atoms with E-state index in [4.69, 9.17) is 29.2 Å². The minimum atomic E-state index is -1.26. The Morgan fingerprint density at radius 1 is 0.598 bits per heavy atom. The molecule has 2 aromatic carbocycles. The van der Waals surface area contributed by atoms with Crippen LogP contribution >= 0.6 is 0 Å². The van der Waals surface area contributed by atoms with Crippen molar-refractivity contribution in [2.75, 3.05) is 129 Å². The lowest BCUT2D eigenvalue weighted by molar-refractivity contribution is -0.134. The van der Waals surface area contributed by atoms with E-state index in [0.717, 1.165) is 117 Å². The summed E-state index contributed by atoms with van der Waals surface area (Å²) in [5.41, 5.74) is 0.732. The van der Waals surface area contributed by atoms with E-state index in [0.29, 0.717) is 60.8 Å². The number of carboxylic acid groups (broad SMARTS) is 2. The summed E-state index contributed by atoms with van der Waals surface area (Å²) >= 11 is 0. The molecule has 4 aliphatic heterocycles. The Morgan fingerprint density at radius 3 is 1.30 bits per heavy atom. The molecule has 4 aromatic rings. The molecule has 0 bridgehead atoms. The molecule has 24 nitrogen and oxygen atoms in total. The first-order valence-electron chi connectivity index (χ1n) is 32.4. The smallest absolute Gasteiger partial charge is 0.328 e. The zero-order valence-corrected chi connectivity index (χ0v) is 56.1. The molecule has 4 N–H and O–H groups in total. The second kappa shape index (κ2) is 35.8. The summed E-state index contributed by atoms with van der Waals surface area (Å²) in [5.74, 6) is -0.783. The number of nitrogens with one attached hydrogen (secondary N) is 2. The van der Waals surface area contributed by atoms with E-state index >= 15 is 0 Å². The van der Waals surface area contributed by atoms with Gasteiger partial charge in [0.25, 0.3) is 23.6 Å². The summed E-state index contributed by atoms with van der Waals surface area (Å²) in [5, 5.41) is 38.9. The lowest BCUT2D eigenvalue weighted by atomic mass is 9.76. The van der Waals surface area contributed by atoms with Crippen LogP contribution in [0.4, 0.5) is 20.4 Å². The fourth-order valence-electron chi connectivity index (χ4n) is 12.9. The fourth-order valence-corrected chi connectivity index (χ4v) is 12.9. The van der Waals surface area contributed by atoms with Gasteiger partial charge in [-0.25, -0.2) is 28.3 Å². The molecule has 0 radical (unpaired) electrons. The molecule has 0 unspecified atom stereocenters. The Balaban J connectivity index is 0.000000261. The standard InChI is InChI=1S/2C31H48FN7O3.C4H4O4/c2*1-7-39(23(4)5)30(40)25-17-24(32)10-11-27(25)42-29-28(34-21-35-36-29)37-15-12-31(18-37)19-38(20-31)26(22(2)3)9-8-13-33-14-16-41-6;5-3(6)1-2-4(7)8/h2*10-11,17,21-23,26,33H,7-9,12-16,18-20H2,1-6H3;1-2H,(H,5,6)(H,7,8)/b;;2-1+/t2*26-;/m11./s1. The lowest BCUT2D eigenvalue weighted by Crippen LogP contribution is -2.62. The summed E-state index contributed by atoms with van der Waals surface area (Å²) in [6.45, 7) is 34.8. The number of hydrogen-bond donors (Lipinski definition) is 4. The molecule has 6 heterocycles. The average molecular weight is 1290 g/mol. The number of methoxy groups -OCH3 is 2. The second-order valence-corrected chi connectivity index (χ2v) is 25.6. The highest BCUT2D eigenvalue weighted by Crippen LogP contribution is 2.46. The predicted molar refractivity (Wildman–Crippen MR) is 348 cm³/mol. The zero-order valence-electron chi connectivity index (χ0n) is 56.1. The quantitative estimate of drug-likeness (QED) is 0.0265. The molecule has 508 valence electrons. The monoisotopic (exact) mass is 1290 g/mol. The lowest BCUT2D eigenvalue weighted by Gasteiger charge is -2.53. The number of rotatable bonds is 32. The minimum Gasteiger partial charge on any atom is -0.478 e. The van der Waals surface area contributed by atoms with Crippen molar-refractivity contribution >= 4 is 35.4 Å². The number of hydrogen-bond acceptors (Lipinski definition) is 20. The number of aromatic nitrogens is 6. The minimum absolute atomic E-state index is 0.0388. The van der Waals surface area contributed by atoms with Crippen LogP contribution in [-0.2, 0) is 19.1 Å². The van der Waals surface area contributed by atoms with Crippen molar-refractivity contribution in [2.24, 2.45) is 22.7 Å². The molecule has 4 fully saturated rings. The summed E-state index contributed by atoms with van der Waals surface area (Å²) in [6, 6.07) is 9.03. The van der Waals surface area contributed by atoms with Crippen molar-refractivity contribution in [1.82, 2.24) is 60.6 Å². The maximum absolute atomic E-state index is 14.3. The number of amides is 2. The summed E-state index contributed by atoms with van der Waals surface area (Å²) in [7, 11) is 3.46. The van der Waals surface area contributed by atoms with E-state index in [1.807, 2.05) is 41.5 Å². The number of aliphatic carboxylic acids is 2.